The average molecular weight is 210 g/mol. The van der Waals surface area contributed by atoms with Gasteiger partial charge in [-0.15, -0.1) is 0 Å². The second-order valence-corrected chi connectivity index (χ2v) is 5.53. The zero-order chi connectivity index (χ0) is 10.7. The quantitative estimate of drug-likeness (QED) is 0.767. The molecule has 2 heteroatoms. The molecule has 15 heavy (non-hydrogen) atoms. The molecule has 1 heterocycles. The summed E-state index contributed by atoms with van der Waals surface area (Å²) in [4.78, 5) is 2.77. The summed E-state index contributed by atoms with van der Waals surface area (Å²) in [6, 6.07) is 0.905. The molecule has 88 valence electrons. The number of nitrogens with zero attached hydrogens (tertiary/aromatic N) is 1. The van der Waals surface area contributed by atoms with E-state index < -0.39 is 0 Å². The molecular formula is C13H26N2. The van der Waals surface area contributed by atoms with Crippen molar-refractivity contribution in [2.75, 3.05) is 26.7 Å². The monoisotopic (exact) mass is 210 g/mol. The lowest BCUT2D eigenvalue weighted by Crippen LogP contribution is -2.50. The Morgan fingerprint density at radius 3 is 2.67 bits per heavy atom. The molecule has 2 aliphatic rings. The summed E-state index contributed by atoms with van der Waals surface area (Å²) < 4.78 is 0. The van der Waals surface area contributed by atoms with Crippen LogP contribution in [0.4, 0.5) is 0 Å². The third-order valence-corrected chi connectivity index (χ3v) is 4.36. The van der Waals surface area contributed by atoms with Crippen molar-refractivity contribution < 1.29 is 0 Å². The smallest absolute Gasteiger partial charge is 0.0136 e. The molecule has 3 atom stereocenters. The summed E-state index contributed by atoms with van der Waals surface area (Å²) in [5.74, 6) is 1.89. The van der Waals surface area contributed by atoms with E-state index in [1.165, 1.54) is 51.7 Å². The highest BCUT2D eigenvalue weighted by Crippen LogP contribution is 2.33. The third kappa shape index (κ3) is 2.73. The Hall–Kier alpha value is -0.0800. The zero-order valence-electron chi connectivity index (χ0n) is 10.3. The lowest BCUT2D eigenvalue weighted by atomic mass is 9.78. The Morgan fingerprint density at radius 2 is 2.00 bits per heavy atom. The predicted molar refractivity (Wildman–Crippen MR) is 65.0 cm³/mol. The number of nitrogens with one attached hydrogen (secondary N) is 1. The van der Waals surface area contributed by atoms with Gasteiger partial charge in [0.1, 0.15) is 0 Å². The molecule has 3 unspecified atom stereocenters. The van der Waals surface area contributed by atoms with Gasteiger partial charge in [-0.2, -0.15) is 0 Å². The van der Waals surface area contributed by atoms with Crippen LogP contribution < -0.4 is 5.32 Å². The van der Waals surface area contributed by atoms with Crippen molar-refractivity contribution in [2.45, 2.75) is 45.1 Å². The van der Waals surface area contributed by atoms with Crippen LogP contribution in [-0.2, 0) is 0 Å². The van der Waals surface area contributed by atoms with Crippen LogP contribution in [-0.4, -0.2) is 37.6 Å². The maximum atomic E-state index is 3.34. The van der Waals surface area contributed by atoms with Gasteiger partial charge in [0.2, 0.25) is 0 Å². The van der Waals surface area contributed by atoms with Gasteiger partial charge in [-0.25, -0.2) is 0 Å². The normalized spacial score (nSPS) is 38.4. The average Bonchev–Trinajstić information content (AvgIpc) is 2.39. The second-order valence-electron chi connectivity index (χ2n) is 5.53. The van der Waals surface area contributed by atoms with E-state index in [4.69, 9.17) is 0 Å². The van der Waals surface area contributed by atoms with E-state index in [-0.39, 0.29) is 0 Å². The van der Waals surface area contributed by atoms with Crippen molar-refractivity contribution in [3.8, 4) is 0 Å². The van der Waals surface area contributed by atoms with Crippen LogP contribution in [0.15, 0.2) is 0 Å². The highest BCUT2D eigenvalue weighted by atomic mass is 15.2. The van der Waals surface area contributed by atoms with Crippen LogP contribution in [0, 0.1) is 11.8 Å². The van der Waals surface area contributed by atoms with E-state index in [0.29, 0.717) is 0 Å². The Bertz CT molecular complexity index is 193. The Morgan fingerprint density at radius 1 is 1.13 bits per heavy atom. The van der Waals surface area contributed by atoms with Gasteiger partial charge in [0.15, 0.2) is 0 Å². The van der Waals surface area contributed by atoms with Gasteiger partial charge in [-0.05, 0) is 70.6 Å². The molecule has 0 radical (unpaired) electrons. The lowest BCUT2D eigenvalue weighted by Gasteiger charge is -2.44. The molecule has 2 nitrogen and oxygen atoms in total. The van der Waals surface area contributed by atoms with Gasteiger partial charge in [0.25, 0.3) is 0 Å². The van der Waals surface area contributed by atoms with Gasteiger partial charge < -0.3 is 10.2 Å². The number of hydrogen-bond acceptors (Lipinski definition) is 2. The van der Waals surface area contributed by atoms with Crippen molar-refractivity contribution in [1.82, 2.24) is 10.2 Å². The summed E-state index contributed by atoms with van der Waals surface area (Å²) in [6.07, 6.45) is 7.17. The molecule has 1 aliphatic heterocycles. The van der Waals surface area contributed by atoms with Crippen LogP contribution in [0.2, 0.25) is 0 Å². The summed E-state index contributed by atoms with van der Waals surface area (Å²) in [5, 5.41) is 3.34. The molecule has 2 rings (SSSR count). The van der Waals surface area contributed by atoms with Gasteiger partial charge in [-0.3, -0.25) is 0 Å². The minimum atomic E-state index is 0.905. The summed E-state index contributed by atoms with van der Waals surface area (Å²) >= 11 is 0. The minimum absolute atomic E-state index is 0.905. The van der Waals surface area contributed by atoms with Crippen LogP contribution in [0.5, 0.6) is 0 Å². The van der Waals surface area contributed by atoms with Gasteiger partial charge in [0, 0.05) is 6.04 Å². The highest BCUT2D eigenvalue weighted by Gasteiger charge is 2.35. The first-order valence-electron chi connectivity index (χ1n) is 6.70. The first-order valence-corrected chi connectivity index (χ1v) is 6.70. The molecule has 0 spiro atoms. The van der Waals surface area contributed by atoms with Gasteiger partial charge in [-0.1, -0.05) is 6.92 Å². The van der Waals surface area contributed by atoms with E-state index >= 15 is 0 Å². The van der Waals surface area contributed by atoms with Crippen LogP contribution in [0.1, 0.15) is 39.0 Å². The standard InChI is InChI=1S/C13H26N2/c1-11-4-3-8-15(9-7-11)13-6-5-12(13)10-14-2/h11-14H,3-10H2,1-2H3. The number of likely N-dealkylation sites (tertiary alicyclic amines) is 1. The molecule has 0 amide bonds. The Labute approximate surface area is 94.4 Å². The number of hydrogen-bond donors (Lipinski definition) is 1. The maximum Gasteiger partial charge on any atom is 0.0136 e. The molecule has 1 saturated carbocycles. The minimum Gasteiger partial charge on any atom is -0.319 e. The number of rotatable bonds is 3. The molecule has 1 saturated heterocycles. The Balaban J connectivity index is 1.82. The predicted octanol–water partition coefficient (Wildman–Crippen LogP) is 2.11. The van der Waals surface area contributed by atoms with Crippen LogP contribution >= 0.6 is 0 Å². The first-order chi connectivity index (χ1) is 7.31. The largest absolute Gasteiger partial charge is 0.319 e. The molecule has 0 aromatic carbocycles. The first kappa shape index (κ1) is 11.4. The highest BCUT2D eigenvalue weighted by molar-refractivity contribution is 4.90. The van der Waals surface area contributed by atoms with Crippen molar-refractivity contribution in [3.63, 3.8) is 0 Å². The van der Waals surface area contributed by atoms with Gasteiger partial charge >= 0.3 is 0 Å². The van der Waals surface area contributed by atoms with E-state index in [2.05, 4.69) is 24.2 Å². The van der Waals surface area contributed by atoms with Crippen LogP contribution in [0.3, 0.4) is 0 Å². The lowest BCUT2D eigenvalue weighted by molar-refractivity contribution is 0.0650. The molecule has 1 N–H and O–H groups in total. The second kappa shape index (κ2) is 5.31. The summed E-state index contributed by atoms with van der Waals surface area (Å²) in [5.41, 5.74) is 0. The van der Waals surface area contributed by atoms with Crippen molar-refractivity contribution >= 4 is 0 Å². The fraction of sp³-hybridized carbons (Fsp3) is 1.00. The molecule has 0 aromatic heterocycles. The van der Waals surface area contributed by atoms with E-state index in [9.17, 15) is 0 Å². The SMILES string of the molecule is CNCC1CCC1N1CCCC(C)CC1. The fourth-order valence-electron chi connectivity index (χ4n) is 3.15. The third-order valence-electron chi connectivity index (χ3n) is 4.36. The van der Waals surface area contributed by atoms with E-state index in [1.54, 1.807) is 0 Å². The zero-order valence-corrected chi connectivity index (χ0v) is 10.3. The van der Waals surface area contributed by atoms with Crippen molar-refractivity contribution in [2.24, 2.45) is 11.8 Å². The van der Waals surface area contributed by atoms with Crippen molar-refractivity contribution in [3.05, 3.63) is 0 Å². The summed E-state index contributed by atoms with van der Waals surface area (Å²) in [7, 11) is 2.08. The molecule has 0 bridgehead atoms. The molecule has 0 aromatic rings. The van der Waals surface area contributed by atoms with Crippen LogP contribution in [0.25, 0.3) is 0 Å². The maximum absolute atomic E-state index is 3.34. The van der Waals surface area contributed by atoms with Crippen molar-refractivity contribution in [1.29, 1.82) is 0 Å². The Kier molecular flexibility index (Phi) is 4.04. The van der Waals surface area contributed by atoms with E-state index in [1.807, 2.05) is 0 Å². The topological polar surface area (TPSA) is 15.3 Å². The van der Waals surface area contributed by atoms with Gasteiger partial charge in [0.05, 0.1) is 0 Å². The molecule has 1 aliphatic carbocycles. The summed E-state index contributed by atoms with van der Waals surface area (Å²) in [6.45, 7) is 6.34. The van der Waals surface area contributed by atoms with E-state index in [0.717, 1.165) is 17.9 Å². The molecule has 2 fully saturated rings. The fourth-order valence-corrected chi connectivity index (χ4v) is 3.15. The molecular weight excluding hydrogens is 184 g/mol.